The Morgan fingerprint density at radius 2 is 1.94 bits per heavy atom. The van der Waals surface area contributed by atoms with Crippen LogP contribution in [0.5, 0.6) is 0 Å². The Balaban J connectivity index is 2.52. The van der Waals surface area contributed by atoms with Crippen LogP contribution in [0.3, 0.4) is 0 Å². The van der Waals surface area contributed by atoms with Gasteiger partial charge in [0.05, 0.1) is 0 Å². The average molecular weight is 315 g/mol. The van der Waals surface area contributed by atoms with Gasteiger partial charge in [-0.25, -0.2) is 4.79 Å². The molecule has 0 bridgehead atoms. The van der Waals surface area contributed by atoms with Crippen LogP contribution in [0.25, 0.3) is 0 Å². The topological polar surface area (TPSA) is 61.4 Å². The molecule has 5 heteroatoms. The van der Waals surface area contributed by atoms with E-state index in [1.165, 1.54) is 0 Å². The van der Waals surface area contributed by atoms with Gasteiger partial charge in [0.2, 0.25) is 0 Å². The van der Waals surface area contributed by atoms with Crippen molar-refractivity contribution in [1.29, 1.82) is 0 Å². The molecule has 0 aromatic heterocycles. The highest BCUT2D eigenvalue weighted by molar-refractivity contribution is 9.10. The number of amides is 2. The van der Waals surface area contributed by atoms with Crippen LogP contribution in [0, 0.1) is 5.92 Å². The lowest BCUT2D eigenvalue weighted by Crippen LogP contribution is -2.41. The third-order valence-electron chi connectivity index (χ3n) is 2.66. The van der Waals surface area contributed by atoms with E-state index in [4.69, 9.17) is 5.11 Å². The van der Waals surface area contributed by atoms with Crippen molar-refractivity contribution in [2.45, 2.75) is 26.3 Å². The monoisotopic (exact) mass is 314 g/mol. The molecule has 1 aromatic carbocycles. The van der Waals surface area contributed by atoms with Crippen molar-refractivity contribution >= 4 is 27.6 Å². The number of halogens is 1. The summed E-state index contributed by atoms with van der Waals surface area (Å²) in [7, 11) is 0. The zero-order chi connectivity index (χ0) is 13.5. The van der Waals surface area contributed by atoms with E-state index < -0.39 is 0 Å². The number of aliphatic hydroxyl groups is 1. The number of carbonyl (C=O) groups excluding carboxylic acids is 1. The van der Waals surface area contributed by atoms with Crippen LogP contribution in [-0.4, -0.2) is 23.8 Å². The van der Waals surface area contributed by atoms with Crippen LogP contribution < -0.4 is 10.6 Å². The first-order chi connectivity index (χ1) is 8.52. The fraction of sp³-hybridized carbons (Fsp3) is 0.462. The van der Waals surface area contributed by atoms with Crippen LogP contribution in [0.15, 0.2) is 28.7 Å². The number of nitrogens with one attached hydrogen (secondary N) is 2. The van der Waals surface area contributed by atoms with Crippen molar-refractivity contribution in [3.8, 4) is 0 Å². The predicted octanol–water partition coefficient (Wildman–Crippen LogP) is 2.98. The van der Waals surface area contributed by atoms with E-state index in [1.54, 1.807) is 0 Å². The van der Waals surface area contributed by atoms with Gasteiger partial charge in [-0.2, -0.15) is 0 Å². The summed E-state index contributed by atoms with van der Waals surface area (Å²) >= 11 is 3.34. The van der Waals surface area contributed by atoms with Crippen LogP contribution in [-0.2, 0) is 0 Å². The lowest BCUT2D eigenvalue weighted by atomic mass is 10.0. The summed E-state index contributed by atoms with van der Waals surface area (Å²) in [6.45, 7) is 4.10. The molecule has 0 aliphatic rings. The minimum atomic E-state index is -0.246. The second-order valence-corrected chi connectivity index (χ2v) is 5.38. The van der Waals surface area contributed by atoms with Crippen molar-refractivity contribution in [3.05, 3.63) is 28.7 Å². The van der Waals surface area contributed by atoms with E-state index in [-0.39, 0.29) is 24.6 Å². The molecular formula is C13H19BrN2O2. The molecule has 0 aliphatic carbocycles. The summed E-state index contributed by atoms with van der Waals surface area (Å²) in [6, 6.07) is 7.10. The van der Waals surface area contributed by atoms with Gasteiger partial charge in [-0.3, -0.25) is 0 Å². The van der Waals surface area contributed by atoms with Gasteiger partial charge in [0.1, 0.15) is 0 Å². The summed E-state index contributed by atoms with van der Waals surface area (Å²) in [6.07, 6.45) is 0.561. The van der Waals surface area contributed by atoms with Crippen molar-refractivity contribution in [3.63, 3.8) is 0 Å². The lowest BCUT2D eigenvalue weighted by Gasteiger charge is -2.21. The van der Waals surface area contributed by atoms with Gasteiger partial charge >= 0.3 is 6.03 Å². The maximum atomic E-state index is 11.8. The summed E-state index contributed by atoms with van der Waals surface area (Å²) in [5.41, 5.74) is 0.738. The fourth-order valence-electron chi connectivity index (χ4n) is 1.58. The smallest absolute Gasteiger partial charge is 0.319 e. The third kappa shape index (κ3) is 5.06. The van der Waals surface area contributed by atoms with Gasteiger partial charge in [-0.05, 0) is 36.6 Å². The molecule has 3 N–H and O–H groups in total. The number of urea groups is 1. The molecular weight excluding hydrogens is 296 g/mol. The lowest BCUT2D eigenvalue weighted by molar-refractivity contribution is 0.227. The minimum absolute atomic E-state index is 0.0227. The first-order valence-electron chi connectivity index (χ1n) is 5.97. The van der Waals surface area contributed by atoms with E-state index >= 15 is 0 Å². The summed E-state index contributed by atoms with van der Waals surface area (Å²) < 4.78 is 0.966. The minimum Gasteiger partial charge on any atom is -0.396 e. The highest BCUT2D eigenvalue weighted by atomic mass is 79.9. The van der Waals surface area contributed by atoms with Crippen molar-refractivity contribution in [2.24, 2.45) is 5.92 Å². The van der Waals surface area contributed by atoms with Gasteiger partial charge in [0, 0.05) is 22.8 Å². The summed E-state index contributed by atoms with van der Waals surface area (Å²) in [5, 5.41) is 14.6. The fourth-order valence-corrected chi connectivity index (χ4v) is 1.84. The zero-order valence-electron chi connectivity index (χ0n) is 10.6. The second kappa shape index (κ2) is 7.38. The quantitative estimate of drug-likeness (QED) is 0.782. The highest BCUT2D eigenvalue weighted by Gasteiger charge is 2.15. The predicted molar refractivity (Wildman–Crippen MR) is 76.6 cm³/mol. The van der Waals surface area contributed by atoms with E-state index in [0.717, 1.165) is 10.2 Å². The molecule has 1 atom stereocenters. The van der Waals surface area contributed by atoms with Gasteiger partial charge in [-0.1, -0.05) is 29.8 Å². The maximum absolute atomic E-state index is 11.8. The Kier molecular flexibility index (Phi) is 6.15. The molecule has 18 heavy (non-hydrogen) atoms. The Morgan fingerprint density at radius 3 is 2.44 bits per heavy atom. The normalized spacial score (nSPS) is 12.3. The van der Waals surface area contributed by atoms with E-state index in [9.17, 15) is 4.79 Å². The number of carbonyl (C=O) groups is 1. The van der Waals surface area contributed by atoms with Crippen LogP contribution in [0.1, 0.15) is 20.3 Å². The summed E-state index contributed by atoms with van der Waals surface area (Å²) in [4.78, 5) is 11.8. The number of anilines is 1. The molecule has 4 nitrogen and oxygen atoms in total. The molecule has 1 unspecified atom stereocenters. The molecule has 1 rings (SSSR count). The number of benzene rings is 1. The maximum Gasteiger partial charge on any atom is 0.319 e. The van der Waals surface area contributed by atoms with Crippen molar-refractivity contribution < 1.29 is 9.90 Å². The van der Waals surface area contributed by atoms with Crippen LogP contribution in [0.4, 0.5) is 10.5 Å². The first kappa shape index (κ1) is 15.0. The SMILES string of the molecule is CC(C)C(CCO)NC(=O)Nc1ccc(Br)cc1. The van der Waals surface area contributed by atoms with Crippen LogP contribution in [0.2, 0.25) is 0 Å². The van der Waals surface area contributed by atoms with Crippen molar-refractivity contribution in [2.75, 3.05) is 11.9 Å². The molecule has 0 spiro atoms. The molecule has 0 radical (unpaired) electrons. The zero-order valence-corrected chi connectivity index (χ0v) is 12.2. The van der Waals surface area contributed by atoms with Gasteiger partial charge in [0.25, 0.3) is 0 Å². The Hall–Kier alpha value is -1.07. The summed E-state index contributed by atoms with van der Waals surface area (Å²) in [5.74, 6) is 0.285. The van der Waals surface area contributed by atoms with E-state index in [1.807, 2.05) is 38.1 Å². The Labute approximate surface area is 116 Å². The number of hydrogen-bond donors (Lipinski definition) is 3. The van der Waals surface area contributed by atoms with Gasteiger partial charge in [0.15, 0.2) is 0 Å². The number of rotatable bonds is 5. The highest BCUT2D eigenvalue weighted by Crippen LogP contribution is 2.14. The molecule has 0 heterocycles. The van der Waals surface area contributed by atoms with Gasteiger partial charge in [-0.15, -0.1) is 0 Å². The first-order valence-corrected chi connectivity index (χ1v) is 6.76. The Morgan fingerprint density at radius 1 is 1.33 bits per heavy atom. The molecule has 100 valence electrons. The standard InChI is InChI=1S/C13H19BrN2O2/c1-9(2)12(7-8-17)16-13(18)15-11-5-3-10(14)4-6-11/h3-6,9,12,17H,7-8H2,1-2H3,(H2,15,16,18). The molecule has 0 aliphatic heterocycles. The van der Waals surface area contributed by atoms with Crippen LogP contribution >= 0.6 is 15.9 Å². The third-order valence-corrected chi connectivity index (χ3v) is 3.19. The van der Waals surface area contributed by atoms with E-state index in [0.29, 0.717) is 6.42 Å². The molecule has 0 fully saturated rings. The molecule has 2 amide bonds. The second-order valence-electron chi connectivity index (χ2n) is 4.47. The number of hydrogen-bond acceptors (Lipinski definition) is 2. The van der Waals surface area contributed by atoms with E-state index in [2.05, 4.69) is 26.6 Å². The van der Waals surface area contributed by atoms with Gasteiger partial charge < -0.3 is 15.7 Å². The Bertz CT molecular complexity index is 379. The number of aliphatic hydroxyl groups excluding tert-OH is 1. The largest absolute Gasteiger partial charge is 0.396 e. The van der Waals surface area contributed by atoms with Crippen molar-refractivity contribution in [1.82, 2.24) is 5.32 Å². The molecule has 0 saturated heterocycles. The average Bonchev–Trinajstić information content (AvgIpc) is 2.31. The molecule has 1 aromatic rings. The molecule has 0 saturated carbocycles.